The van der Waals surface area contributed by atoms with Crippen molar-refractivity contribution in [3.63, 3.8) is 0 Å². The number of carbonyl (C=O) groups excluding carboxylic acids is 1. The summed E-state index contributed by atoms with van der Waals surface area (Å²) in [6.45, 7) is 14.7. The van der Waals surface area contributed by atoms with Gasteiger partial charge in [-0.15, -0.1) is 0 Å². The molecule has 6 aliphatic rings. The van der Waals surface area contributed by atoms with Crippen LogP contribution in [0.3, 0.4) is 0 Å². The molecular weight excluding hydrogens is 504 g/mol. The largest absolute Gasteiger partial charge is 0.393 e. The topological polar surface area (TPSA) is 43.8 Å². The number of amides is 1. The fraction of sp³-hybridized carbons (Fsp3) is 0.919. The fourth-order valence-electron chi connectivity index (χ4n) is 13.4. The smallest absolute Gasteiger partial charge is 0.210 e. The normalized spacial score (nSPS) is 54.1. The van der Waals surface area contributed by atoms with E-state index in [1.165, 1.54) is 18.4 Å². The Labute approximate surface area is 260 Å². The van der Waals surface area contributed by atoms with Crippen LogP contribution in [0, 0.1) is 56.7 Å². The predicted molar refractivity (Wildman–Crippen MR) is 168 cm³/mol. The molecule has 5 aliphatic carbocycles. The summed E-state index contributed by atoms with van der Waals surface area (Å²) in [5.74, 6) is 2.20. The molecule has 0 aromatic carbocycles. The summed E-state index contributed by atoms with van der Waals surface area (Å²) in [4.78, 5) is 16.4. The summed E-state index contributed by atoms with van der Waals surface area (Å²) < 4.78 is 49.3. The second-order valence-corrected chi connectivity index (χ2v) is 17.1. The van der Waals surface area contributed by atoms with E-state index in [-0.39, 0.29) is 45.8 Å². The van der Waals surface area contributed by atoms with Crippen LogP contribution in [0.4, 0.5) is 0 Å². The molecule has 41 heavy (non-hydrogen) atoms. The highest BCUT2D eigenvalue weighted by Crippen LogP contribution is 2.78. The second-order valence-electron chi connectivity index (χ2n) is 17.1. The Morgan fingerprint density at radius 3 is 2.37 bits per heavy atom. The van der Waals surface area contributed by atoms with Crippen molar-refractivity contribution in [1.82, 2.24) is 9.80 Å². The first-order valence-electron chi connectivity index (χ1n) is 19.9. The van der Waals surface area contributed by atoms with E-state index >= 15 is 0 Å². The molecule has 1 amide bonds. The number of nitrogens with zero attached hydrogens (tertiary/aromatic N) is 2. The first-order chi connectivity index (χ1) is 21.6. The van der Waals surface area contributed by atoms with Gasteiger partial charge in [-0.2, -0.15) is 0 Å². The molecule has 232 valence electrons. The number of allylic oxidation sites excluding steroid dienone is 1. The number of carbonyl (C=O) groups is 1. The maximum atomic E-state index is 12.8. The highest BCUT2D eigenvalue weighted by Gasteiger charge is 2.72. The number of fused-ring (bicyclic) bond motifs is 7. The van der Waals surface area contributed by atoms with E-state index in [2.05, 4.69) is 48.1 Å². The summed E-state index contributed by atoms with van der Waals surface area (Å²) in [5, 5.41) is 11.1. The standard InChI is InChI=1S/C37H62N2O2/c1-24(2)26-12-17-37(30-22-38(25(3)4)20-21-39(30)23-40)19-18-35(8)27(32(26)37)10-11-29-34(7)15-14-31(41)33(5,6)28(34)13-16-36(29,35)9/h23,25-32,41H,1,10-22H2,2-9H3/t26-,27+,28-,29+,30?,31-,32+,34-,35+,36+,37+/m0/s1/i3D3,4D3. The molecule has 4 heteroatoms. The van der Waals surface area contributed by atoms with Crippen LogP contribution in [0.1, 0.15) is 128 Å². The average Bonchev–Trinajstić information content (AvgIpc) is 3.35. The minimum absolute atomic E-state index is 0.0865. The fourth-order valence-corrected chi connectivity index (χ4v) is 13.4. The maximum Gasteiger partial charge on any atom is 0.210 e. The van der Waals surface area contributed by atoms with Gasteiger partial charge in [0, 0.05) is 33.9 Å². The molecule has 0 spiro atoms. The molecular formula is C37H62N2O2. The Bertz CT molecular complexity index is 1240. The average molecular weight is 573 g/mol. The second kappa shape index (κ2) is 9.82. The molecule has 4 nitrogen and oxygen atoms in total. The number of aliphatic hydroxyl groups excluding tert-OH is 1. The molecule has 1 aliphatic heterocycles. The Balaban J connectivity index is 1.39. The third-order valence-corrected chi connectivity index (χ3v) is 15.7. The highest BCUT2D eigenvalue weighted by atomic mass is 16.3. The number of hydrogen-bond acceptors (Lipinski definition) is 3. The van der Waals surface area contributed by atoms with Crippen molar-refractivity contribution in [2.75, 3.05) is 19.6 Å². The van der Waals surface area contributed by atoms with Crippen LogP contribution in [-0.4, -0.2) is 59.1 Å². The predicted octanol–water partition coefficient (Wildman–Crippen LogP) is 7.56. The number of rotatable bonds is 4. The van der Waals surface area contributed by atoms with Crippen LogP contribution >= 0.6 is 0 Å². The zero-order chi connectivity index (χ0) is 34.8. The minimum atomic E-state index is -2.65. The molecule has 0 aromatic heterocycles. The van der Waals surface area contributed by atoms with Crippen molar-refractivity contribution in [1.29, 1.82) is 0 Å². The zero-order valence-corrected chi connectivity index (χ0v) is 26.8. The van der Waals surface area contributed by atoms with E-state index in [0.717, 1.165) is 57.8 Å². The maximum absolute atomic E-state index is 12.8. The number of hydrogen-bond donors (Lipinski definition) is 1. The van der Waals surface area contributed by atoms with Gasteiger partial charge in [-0.05, 0) is 142 Å². The minimum Gasteiger partial charge on any atom is -0.393 e. The van der Waals surface area contributed by atoms with Crippen molar-refractivity contribution in [3.05, 3.63) is 12.2 Å². The van der Waals surface area contributed by atoms with Crippen LogP contribution in [0.15, 0.2) is 12.2 Å². The molecule has 5 saturated carbocycles. The summed E-state index contributed by atoms with van der Waals surface area (Å²) >= 11 is 0. The first-order valence-corrected chi connectivity index (χ1v) is 16.9. The van der Waals surface area contributed by atoms with Crippen molar-refractivity contribution >= 4 is 6.41 Å². The van der Waals surface area contributed by atoms with Crippen LogP contribution < -0.4 is 0 Å². The lowest BCUT2D eigenvalue weighted by Crippen LogP contribution is -2.69. The van der Waals surface area contributed by atoms with Gasteiger partial charge < -0.3 is 10.0 Å². The van der Waals surface area contributed by atoms with Crippen LogP contribution in [0.5, 0.6) is 0 Å². The van der Waals surface area contributed by atoms with Gasteiger partial charge in [-0.25, -0.2) is 0 Å². The molecule has 0 radical (unpaired) electrons. The van der Waals surface area contributed by atoms with E-state index in [0.29, 0.717) is 42.7 Å². The molecule has 6 rings (SSSR count). The Kier molecular flexibility index (Phi) is 5.63. The van der Waals surface area contributed by atoms with Crippen LogP contribution in [-0.2, 0) is 4.79 Å². The lowest BCUT2D eigenvalue weighted by atomic mass is 9.32. The lowest BCUT2D eigenvalue weighted by molar-refractivity contribution is -0.252. The van der Waals surface area contributed by atoms with Crippen molar-refractivity contribution in [3.8, 4) is 0 Å². The first kappa shape index (κ1) is 23.5. The zero-order valence-electron chi connectivity index (χ0n) is 32.8. The molecule has 0 bridgehead atoms. The third-order valence-electron chi connectivity index (χ3n) is 15.7. The van der Waals surface area contributed by atoms with Gasteiger partial charge in [0.1, 0.15) is 0 Å². The molecule has 6 fully saturated rings. The summed E-state index contributed by atoms with van der Waals surface area (Å²) in [6, 6.07) is -1.77. The van der Waals surface area contributed by atoms with Crippen LogP contribution in [0.25, 0.3) is 0 Å². The van der Waals surface area contributed by atoms with E-state index in [1.54, 1.807) is 4.90 Å². The Morgan fingerprint density at radius 2 is 1.68 bits per heavy atom. The SMILES string of the molecule is [2H]C([2H])([2H])C(N1CCN(C=O)C([C@]23CC[C@@H](C(=C)C)[C@@H]2[C@H]2CC[C@@H]4[C@@]5(C)CC[C@H](O)C(C)(C)[C@@H]5CC[C@@]4(C)[C@]2(C)CC3)C1)C([2H])([2H])[2H]. The summed E-state index contributed by atoms with van der Waals surface area (Å²) in [7, 11) is 0. The van der Waals surface area contributed by atoms with Gasteiger partial charge in [0.05, 0.1) is 12.1 Å². The van der Waals surface area contributed by atoms with E-state index in [9.17, 15) is 9.90 Å². The highest BCUT2D eigenvalue weighted by molar-refractivity contribution is 5.49. The number of piperazine rings is 1. The van der Waals surface area contributed by atoms with Gasteiger partial charge in [0.25, 0.3) is 0 Å². The van der Waals surface area contributed by atoms with Crippen LogP contribution in [0.2, 0.25) is 0 Å². The van der Waals surface area contributed by atoms with Gasteiger partial charge in [-0.1, -0.05) is 46.8 Å². The van der Waals surface area contributed by atoms with Crippen molar-refractivity contribution in [2.45, 2.75) is 138 Å². The molecule has 0 aromatic rings. The van der Waals surface area contributed by atoms with Gasteiger partial charge >= 0.3 is 0 Å². The lowest BCUT2D eigenvalue weighted by Gasteiger charge is -2.73. The summed E-state index contributed by atoms with van der Waals surface area (Å²) in [6.07, 6.45) is 11.3. The van der Waals surface area contributed by atoms with Gasteiger partial charge in [-0.3, -0.25) is 9.69 Å². The van der Waals surface area contributed by atoms with Crippen molar-refractivity contribution < 1.29 is 18.1 Å². The van der Waals surface area contributed by atoms with Gasteiger partial charge in [0.2, 0.25) is 6.41 Å². The Morgan fingerprint density at radius 1 is 0.927 bits per heavy atom. The van der Waals surface area contributed by atoms with Gasteiger partial charge in [0.15, 0.2) is 0 Å². The molecule has 1 unspecified atom stereocenters. The monoisotopic (exact) mass is 573 g/mol. The van der Waals surface area contributed by atoms with E-state index < -0.39 is 19.7 Å². The third kappa shape index (κ3) is 3.93. The van der Waals surface area contributed by atoms with Crippen molar-refractivity contribution in [2.24, 2.45) is 56.7 Å². The quantitative estimate of drug-likeness (QED) is 0.279. The molecule has 1 N–H and O–H groups in total. The molecule has 1 saturated heterocycles. The Hall–Kier alpha value is -0.870. The number of aliphatic hydroxyl groups is 1. The molecule has 11 atom stereocenters. The van der Waals surface area contributed by atoms with E-state index in [1.807, 2.05) is 4.90 Å². The summed E-state index contributed by atoms with van der Waals surface area (Å²) in [5.41, 5.74) is 1.38. The van der Waals surface area contributed by atoms with E-state index in [4.69, 9.17) is 8.22 Å². The molecule has 1 heterocycles.